The lowest BCUT2D eigenvalue weighted by molar-refractivity contribution is -0.138. The average Bonchev–Trinajstić information content (AvgIpc) is 2.23. The monoisotopic (exact) mass is 306 g/mol. The van der Waals surface area contributed by atoms with Gasteiger partial charge in [0.2, 0.25) is 0 Å². The molecule has 0 saturated carbocycles. The van der Waals surface area contributed by atoms with Crippen LogP contribution in [0, 0.1) is 5.41 Å². The van der Waals surface area contributed by atoms with Gasteiger partial charge in [0.15, 0.2) is 9.84 Å². The molecule has 0 aromatic carbocycles. The summed E-state index contributed by atoms with van der Waals surface area (Å²) in [5, 5.41) is 11.6. The molecular formula is C12H22N2O5S. The second kappa shape index (κ2) is 5.99. The van der Waals surface area contributed by atoms with Crippen molar-refractivity contribution in [3.05, 3.63) is 0 Å². The zero-order chi connectivity index (χ0) is 15.6. The number of nitrogens with one attached hydrogen (secondary N) is 1. The highest BCUT2D eigenvalue weighted by atomic mass is 32.2. The molecule has 0 aliphatic carbocycles. The highest BCUT2D eigenvalue weighted by Gasteiger charge is 2.35. The molecule has 1 aliphatic rings. The lowest BCUT2D eigenvalue weighted by atomic mass is 9.97. The van der Waals surface area contributed by atoms with Gasteiger partial charge in [-0.05, 0) is 5.41 Å². The fourth-order valence-electron chi connectivity index (χ4n) is 1.97. The zero-order valence-electron chi connectivity index (χ0n) is 12.0. The summed E-state index contributed by atoms with van der Waals surface area (Å²) in [6.45, 7) is 6.36. The number of aliphatic carboxylic acids is 1. The highest BCUT2D eigenvalue weighted by molar-refractivity contribution is 7.91. The van der Waals surface area contributed by atoms with E-state index in [0.29, 0.717) is 6.54 Å². The highest BCUT2D eigenvalue weighted by Crippen LogP contribution is 2.16. The second-order valence-corrected chi connectivity index (χ2v) is 8.51. The molecule has 0 radical (unpaired) electrons. The summed E-state index contributed by atoms with van der Waals surface area (Å²) in [6.07, 6.45) is -0.359. The Morgan fingerprint density at radius 2 is 1.95 bits per heavy atom. The Bertz CT molecular complexity index is 481. The first-order valence-corrected chi connectivity index (χ1v) is 8.29. The Balaban J connectivity index is 2.74. The molecule has 1 rings (SSSR count). The van der Waals surface area contributed by atoms with Gasteiger partial charge in [0.1, 0.15) is 0 Å². The number of carboxylic acids is 1. The molecule has 116 valence electrons. The largest absolute Gasteiger partial charge is 0.481 e. The number of hydrogen-bond donors (Lipinski definition) is 2. The van der Waals surface area contributed by atoms with Crippen molar-refractivity contribution in [3.8, 4) is 0 Å². The minimum atomic E-state index is -3.27. The smallest absolute Gasteiger partial charge is 0.317 e. The topological polar surface area (TPSA) is 104 Å². The molecule has 1 aliphatic heterocycles. The minimum Gasteiger partial charge on any atom is -0.481 e. The van der Waals surface area contributed by atoms with E-state index in [9.17, 15) is 18.0 Å². The van der Waals surface area contributed by atoms with Crippen molar-refractivity contribution in [2.45, 2.75) is 33.2 Å². The number of nitrogens with zero attached hydrogens (tertiary/aromatic N) is 1. The second-order valence-electron chi connectivity index (χ2n) is 6.28. The molecule has 1 fully saturated rings. The molecule has 8 heteroatoms. The maximum absolute atomic E-state index is 12.1. The first kappa shape index (κ1) is 16.7. The Morgan fingerprint density at radius 3 is 2.45 bits per heavy atom. The summed E-state index contributed by atoms with van der Waals surface area (Å²) in [4.78, 5) is 24.2. The number of hydrogen-bond acceptors (Lipinski definition) is 4. The van der Waals surface area contributed by atoms with Gasteiger partial charge in [-0.15, -0.1) is 0 Å². The van der Waals surface area contributed by atoms with Crippen molar-refractivity contribution in [3.63, 3.8) is 0 Å². The van der Waals surface area contributed by atoms with E-state index in [4.69, 9.17) is 5.11 Å². The Hall–Kier alpha value is -1.31. The van der Waals surface area contributed by atoms with Gasteiger partial charge in [0.25, 0.3) is 0 Å². The molecule has 1 saturated heterocycles. The van der Waals surface area contributed by atoms with E-state index in [-0.39, 0.29) is 29.9 Å². The number of sulfone groups is 1. The van der Waals surface area contributed by atoms with E-state index >= 15 is 0 Å². The quantitative estimate of drug-likeness (QED) is 0.781. The predicted octanol–water partition coefficient (Wildman–Crippen LogP) is 0.316. The van der Waals surface area contributed by atoms with Crippen LogP contribution in [0.2, 0.25) is 0 Å². The summed E-state index contributed by atoms with van der Waals surface area (Å²) in [5.41, 5.74) is -0.0974. The van der Waals surface area contributed by atoms with Crippen molar-refractivity contribution < 1.29 is 23.1 Å². The van der Waals surface area contributed by atoms with Gasteiger partial charge < -0.3 is 15.3 Å². The fraction of sp³-hybridized carbons (Fsp3) is 0.833. The molecule has 0 aromatic rings. The van der Waals surface area contributed by atoms with E-state index in [2.05, 4.69) is 5.32 Å². The summed E-state index contributed by atoms with van der Waals surface area (Å²) in [7, 11) is -3.27. The van der Waals surface area contributed by atoms with Crippen LogP contribution in [-0.2, 0) is 14.6 Å². The minimum absolute atomic E-state index is 0.0380. The summed E-state index contributed by atoms with van der Waals surface area (Å²) in [6, 6.07) is -1.20. The molecule has 1 unspecified atom stereocenters. The SMILES string of the molecule is CC(C)(C)CNC(=O)N1CCS(=O)(=O)CC1CC(=O)O. The average molecular weight is 306 g/mol. The number of carbonyl (C=O) groups excluding carboxylic acids is 1. The van der Waals surface area contributed by atoms with Gasteiger partial charge >= 0.3 is 12.0 Å². The normalized spacial score (nSPS) is 22.4. The molecule has 2 amide bonds. The van der Waals surface area contributed by atoms with Crippen LogP contribution in [0.4, 0.5) is 4.79 Å². The van der Waals surface area contributed by atoms with Gasteiger partial charge in [-0.2, -0.15) is 0 Å². The van der Waals surface area contributed by atoms with Gasteiger partial charge in [0, 0.05) is 13.1 Å². The van der Waals surface area contributed by atoms with E-state index in [1.165, 1.54) is 4.90 Å². The number of carbonyl (C=O) groups is 2. The third-order valence-corrected chi connectivity index (χ3v) is 4.67. The third kappa shape index (κ3) is 5.36. The molecule has 0 bridgehead atoms. The van der Waals surface area contributed by atoms with Crippen LogP contribution in [0.1, 0.15) is 27.2 Å². The predicted molar refractivity (Wildman–Crippen MR) is 74.3 cm³/mol. The van der Waals surface area contributed by atoms with Crippen LogP contribution >= 0.6 is 0 Å². The molecule has 1 heterocycles. The Labute approximate surface area is 119 Å². The lowest BCUT2D eigenvalue weighted by Crippen LogP contribution is -2.55. The maximum atomic E-state index is 12.1. The van der Waals surface area contributed by atoms with Crippen molar-refractivity contribution in [2.75, 3.05) is 24.6 Å². The lowest BCUT2D eigenvalue weighted by Gasteiger charge is -2.35. The molecule has 20 heavy (non-hydrogen) atoms. The Morgan fingerprint density at radius 1 is 1.35 bits per heavy atom. The summed E-state index contributed by atoms with van der Waals surface area (Å²) >= 11 is 0. The van der Waals surface area contributed by atoms with Gasteiger partial charge in [-0.1, -0.05) is 20.8 Å². The zero-order valence-corrected chi connectivity index (χ0v) is 12.9. The van der Waals surface area contributed by atoms with Crippen molar-refractivity contribution >= 4 is 21.8 Å². The van der Waals surface area contributed by atoms with E-state index in [0.717, 1.165) is 0 Å². The number of carboxylic acid groups (broad SMARTS) is 1. The summed E-state index contributed by atoms with van der Waals surface area (Å²) in [5.74, 6) is -1.52. The molecule has 0 spiro atoms. The van der Waals surface area contributed by atoms with Gasteiger partial charge in [0.05, 0.1) is 24.0 Å². The van der Waals surface area contributed by atoms with E-state index in [1.54, 1.807) is 0 Å². The van der Waals surface area contributed by atoms with Crippen LogP contribution in [0.25, 0.3) is 0 Å². The van der Waals surface area contributed by atoms with Gasteiger partial charge in [-0.25, -0.2) is 13.2 Å². The number of amides is 2. The molecule has 1 atom stereocenters. The fourth-order valence-corrected chi connectivity index (χ4v) is 3.49. The van der Waals surface area contributed by atoms with Crippen LogP contribution in [0.5, 0.6) is 0 Å². The molecule has 0 aromatic heterocycles. The Kier molecular flexibility index (Phi) is 5.01. The van der Waals surface area contributed by atoms with E-state index < -0.39 is 27.9 Å². The van der Waals surface area contributed by atoms with Crippen LogP contribution < -0.4 is 5.32 Å². The molecule has 7 nitrogen and oxygen atoms in total. The van der Waals surface area contributed by atoms with Gasteiger partial charge in [-0.3, -0.25) is 4.79 Å². The first-order chi connectivity index (χ1) is 9.00. The summed E-state index contributed by atoms with van der Waals surface area (Å²) < 4.78 is 23.2. The molecule has 2 N–H and O–H groups in total. The maximum Gasteiger partial charge on any atom is 0.317 e. The van der Waals surface area contributed by atoms with Crippen molar-refractivity contribution in [1.82, 2.24) is 10.2 Å². The van der Waals surface area contributed by atoms with E-state index in [1.807, 2.05) is 20.8 Å². The first-order valence-electron chi connectivity index (χ1n) is 6.47. The standard InChI is InChI=1S/C12H22N2O5S/c1-12(2,3)8-13-11(17)14-4-5-20(18,19)7-9(14)6-10(15)16/h9H,4-8H2,1-3H3,(H,13,17)(H,15,16). The number of urea groups is 1. The number of rotatable bonds is 3. The van der Waals surface area contributed by atoms with Crippen LogP contribution in [0.3, 0.4) is 0 Å². The van der Waals surface area contributed by atoms with Crippen molar-refractivity contribution in [2.24, 2.45) is 5.41 Å². The molecular weight excluding hydrogens is 284 g/mol. The van der Waals surface area contributed by atoms with Crippen LogP contribution in [-0.4, -0.2) is 61.1 Å². The third-order valence-electron chi connectivity index (χ3n) is 2.97. The van der Waals surface area contributed by atoms with Crippen molar-refractivity contribution in [1.29, 1.82) is 0 Å². The van der Waals surface area contributed by atoms with Crippen LogP contribution in [0.15, 0.2) is 0 Å².